The fraction of sp³-hybridized carbons (Fsp3) is 0. The highest BCUT2D eigenvalue weighted by molar-refractivity contribution is 6.38. The molecule has 0 aliphatic carbocycles. The van der Waals surface area contributed by atoms with Crippen molar-refractivity contribution in [2.24, 2.45) is 0 Å². The summed E-state index contributed by atoms with van der Waals surface area (Å²) in [5.74, 6) is 0. The van der Waals surface area contributed by atoms with Gasteiger partial charge < -0.3 is 4.40 Å². The van der Waals surface area contributed by atoms with Crippen LogP contribution in [0, 0.1) is 0 Å². The first-order valence-electron chi connectivity index (χ1n) is 12.2. The van der Waals surface area contributed by atoms with E-state index in [9.17, 15) is 0 Å². The molecule has 3 aromatic heterocycles. The molecule has 0 spiro atoms. The van der Waals surface area contributed by atoms with Crippen LogP contribution >= 0.6 is 0 Å². The van der Waals surface area contributed by atoms with E-state index in [1.165, 1.54) is 81.9 Å². The molecule has 0 atom stereocenters. The van der Waals surface area contributed by atoms with Crippen LogP contribution in [0.15, 0.2) is 115 Å². The SMILES string of the molecule is c1ccc(-c2ccc(-c3cc4c5cccc6c7cc8ccccc8c8c(c3)c4n(c56)c78)cc2)cc1. The fourth-order valence-corrected chi connectivity index (χ4v) is 6.53. The molecule has 0 bridgehead atoms. The molecule has 6 aromatic carbocycles. The van der Waals surface area contributed by atoms with Crippen LogP contribution in [0.25, 0.3) is 81.9 Å². The lowest BCUT2D eigenvalue weighted by molar-refractivity contribution is 1.41. The lowest BCUT2D eigenvalue weighted by Crippen LogP contribution is -1.81. The third-order valence-corrected chi connectivity index (χ3v) is 8.01. The molecule has 0 N–H and O–H groups in total. The van der Waals surface area contributed by atoms with E-state index in [0.29, 0.717) is 0 Å². The Kier molecular flexibility index (Phi) is 3.09. The highest BCUT2D eigenvalue weighted by atomic mass is 14.9. The van der Waals surface area contributed by atoms with Crippen molar-refractivity contribution in [2.45, 2.75) is 0 Å². The Balaban J connectivity index is 1.41. The van der Waals surface area contributed by atoms with Crippen LogP contribution < -0.4 is 0 Å². The number of nitrogens with zero attached hydrogens (tertiary/aromatic N) is 1. The number of hydrogen-bond acceptors (Lipinski definition) is 0. The van der Waals surface area contributed by atoms with Crippen molar-refractivity contribution in [3.05, 3.63) is 115 Å². The quantitative estimate of drug-likeness (QED) is 0.252. The summed E-state index contributed by atoms with van der Waals surface area (Å²) in [6.45, 7) is 0. The number of rotatable bonds is 2. The maximum Gasteiger partial charge on any atom is 0.0627 e. The summed E-state index contributed by atoms with van der Waals surface area (Å²) in [6, 6.07) is 42.5. The van der Waals surface area contributed by atoms with Crippen LogP contribution in [0.4, 0.5) is 0 Å². The van der Waals surface area contributed by atoms with Gasteiger partial charge in [0.15, 0.2) is 0 Å². The summed E-state index contributed by atoms with van der Waals surface area (Å²) < 4.78 is 2.54. The third kappa shape index (κ3) is 2.10. The van der Waals surface area contributed by atoms with Gasteiger partial charge in [-0.1, -0.05) is 97.1 Å². The molecular weight excluding hydrogens is 422 g/mol. The summed E-state index contributed by atoms with van der Waals surface area (Å²) in [5.41, 5.74) is 9.14. The van der Waals surface area contributed by atoms with Gasteiger partial charge in [0, 0.05) is 32.3 Å². The van der Waals surface area contributed by atoms with E-state index >= 15 is 0 Å². The second kappa shape index (κ2) is 6.08. The van der Waals surface area contributed by atoms with Crippen molar-refractivity contribution in [1.29, 1.82) is 0 Å². The topological polar surface area (TPSA) is 4.41 Å². The van der Waals surface area contributed by atoms with E-state index in [4.69, 9.17) is 0 Å². The number of hydrogen-bond donors (Lipinski definition) is 0. The van der Waals surface area contributed by atoms with Crippen LogP contribution in [0.2, 0.25) is 0 Å². The number of fused-ring (bicyclic) bond motifs is 5. The molecule has 9 rings (SSSR count). The maximum absolute atomic E-state index is 2.54. The Morgan fingerprint density at radius 1 is 0.343 bits per heavy atom. The Hall–Kier alpha value is -4.62. The van der Waals surface area contributed by atoms with Crippen molar-refractivity contribution < 1.29 is 0 Å². The summed E-state index contributed by atoms with van der Waals surface area (Å²) in [6.07, 6.45) is 0. The van der Waals surface area contributed by atoms with Gasteiger partial charge in [-0.25, -0.2) is 0 Å². The van der Waals surface area contributed by atoms with Crippen molar-refractivity contribution in [3.8, 4) is 22.3 Å². The van der Waals surface area contributed by atoms with Crippen LogP contribution in [-0.2, 0) is 0 Å². The summed E-state index contributed by atoms with van der Waals surface area (Å²) >= 11 is 0. The van der Waals surface area contributed by atoms with Gasteiger partial charge in [-0.2, -0.15) is 0 Å². The molecule has 0 unspecified atom stereocenters. The highest BCUT2D eigenvalue weighted by Crippen LogP contribution is 2.49. The monoisotopic (exact) mass is 441 g/mol. The van der Waals surface area contributed by atoms with Gasteiger partial charge in [-0.15, -0.1) is 0 Å². The second-order valence-corrected chi connectivity index (χ2v) is 9.77. The summed E-state index contributed by atoms with van der Waals surface area (Å²) in [7, 11) is 0. The van der Waals surface area contributed by atoms with Crippen molar-refractivity contribution >= 4 is 59.6 Å². The Bertz CT molecular complexity index is 2180. The third-order valence-electron chi connectivity index (χ3n) is 8.01. The normalized spacial score (nSPS) is 12.6. The van der Waals surface area contributed by atoms with E-state index in [1.807, 2.05) is 0 Å². The molecule has 1 heteroatoms. The van der Waals surface area contributed by atoms with Crippen molar-refractivity contribution in [1.82, 2.24) is 4.40 Å². The van der Waals surface area contributed by atoms with Gasteiger partial charge in [0.2, 0.25) is 0 Å². The predicted octanol–water partition coefficient (Wildman–Crippen LogP) is 9.35. The molecule has 0 saturated heterocycles. The number of aromatic nitrogens is 1. The van der Waals surface area contributed by atoms with E-state index in [2.05, 4.69) is 120 Å². The summed E-state index contributed by atoms with van der Waals surface area (Å²) in [4.78, 5) is 0. The first kappa shape index (κ1) is 17.8. The maximum atomic E-state index is 2.54. The minimum Gasteiger partial charge on any atom is -0.307 e. The molecular formula is C34H19N. The molecule has 160 valence electrons. The fourth-order valence-electron chi connectivity index (χ4n) is 6.53. The van der Waals surface area contributed by atoms with E-state index in [0.717, 1.165) is 0 Å². The Morgan fingerprint density at radius 3 is 1.71 bits per heavy atom. The molecule has 0 fully saturated rings. The van der Waals surface area contributed by atoms with Crippen molar-refractivity contribution in [2.75, 3.05) is 0 Å². The van der Waals surface area contributed by atoms with E-state index in [-0.39, 0.29) is 0 Å². The van der Waals surface area contributed by atoms with Gasteiger partial charge >= 0.3 is 0 Å². The van der Waals surface area contributed by atoms with Gasteiger partial charge in [-0.05, 0) is 51.2 Å². The van der Waals surface area contributed by atoms with E-state index < -0.39 is 0 Å². The molecule has 35 heavy (non-hydrogen) atoms. The van der Waals surface area contributed by atoms with Crippen LogP contribution in [0.5, 0.6) is 0 Å². The average Bonchev–Trinajstić information content (AvgIpc) is 3.56. The molecule has 0 aliphatic rings. The molecule has 0 amide bonds. The molecule has 9 aromatic rings. The minimum absolute atomic E-state index is 1.25. The first-order chi connectivity index (χ1) is 17.4. The minimum atomic E-state index is 1.25. The average molecular weight is 442 g/mol. The molecule has 3 heterocycles. The lowest BCUT2D eigenvalue weighted by Gasteiger charge is -2.07. The summed E-state index contributed by atoms with van der Waals surface area (Å²) in [5, 5.41) is 10.8. The zero-order valence-corrected chi connectivity index (χ0v) is 18.9. The van der Waals surface area contributed by atoms with Gasteiger partial charge in [0.05, 0.1) is 16.6 Å². The van der Waals surface area contributed by atoms with Gasteiger partial charge in [0.25, 0.3) is 0 Å². The first-order valence-corrected chi connectivity index (χ1v) is 12.2. The van der Waals surface area contributed by atoms with E-state index in [1.54, 1.807) is 0 Å². The smallest absolute Gasteiger partial charge is 0.0627 e. The molecule has 0 aliphatic heterocycles. The molecule has 1 nitrogen and oxygen atoms in total. The van der Waals surface area contributed by atoms with Gasteiger partial charge in [0.1, 0.15) is 0 Å². The lowest BCUT2D eigenvalue weighted by atomic mass is 9.96. The standard InChI is InChI=1S/C34H19N/c1-2-7-20(8-3-1)21-13-15-22(16-14-21)24-18-28-26-11-6-12-27-29-17-23-9-4-5-10-25(23)31-30(19-24)33(28)35(32(26)27)34(29)31/h1-19H. The highest BCUT2D eigenvalue weighted by Gasteiger charge is 2.25. The van der Waals surface area contributed by atoms with Crippen LogP contribution in [0.3, 0.4) is 0 Å². The van der Waals surface area contributed by atoms with Crippen LogP contribution in [-0.4, -0.2) is 4.40 Å². The van der Waals surface area contributed by atoms with Crippen molar-refractivity contribution in [3.63, 3.8) is 0 Å². The second-order valence-electron chi connectivity index (χ2n) is 9.77. The number of benzene rings is 6. The Morgan fingerprint density at radius 2 is 0.914 bits per heavy atom. The zero-order valence-electron chi connectivity index (χ0n) is 18.9. The zero-order chi connectivity index (χ0) is 22.7. The number of para-hydroxylation sites is 1. The molecule has 0 radical (unpaired) electrons. The van der Waals surface area contributed by atoms with Crippen LogP contribution in [0.1, 0.15) is 0 Å². The molecule has 0 saturated carbocycles. The largest absolute Gasteiger partial charge is 0.307 e. The van der Waals surface area contributed by atoms with Gasteiger partial charge in [-0.3, -0.25) is 0 Å². The predicted molar refractivity (Wildman–Crippen MR) is 149 cm³/mol. The Labute approximate surface area is 201 Å².